The van der Waals surface area contributed by atoms with E-state index < -0.39 is 0 Å². The third-order valence-electron chi connectivity index (χ3n) is 11.6. The van der Waals surface area contributed by atoms with Crippen molar-refractivity contribution >= 4 is 0 Å². The SMILES string of the molecule is CC(C)[C@H](C)C=C[C@@H](C)[C@H]1CC[C@H]2[C@@H]3CC[C@H]4[C@H](C)[C@@H](O)CC[C@]4(C)[C@H]3CC[C@]12C. The van der Waals surface area contributed by atoms with Crippen molar-refractivity contribution in [2.24, 2.45) is 64.1 Å². The summed E-state index contributed by atoms with van der Waals surface area (Å²) < 4.78 is 0. The van der Waals surface area contributed by atoms with Crippen LogP contribution in [0.5, 0.6) is 0 Å². The summed E-state index contributed by atoms with van der Waals surface area (Å²) in [6.07, 6.45) is 16.0. The molecule has 4 saturated carbocycles. The van der Waals surface area contributed by atoms with Crippen LogP contribution in [-0.4, -0.2) is 11.2 Å². The molecule has 4 aliphatic carbocycles. The monoisotopic (exact) mass is 414 g/mol. The minimum absolute atomic E-state index is 0.0507. The largest absolute Gasteiger partial charge is 0.393 e. The van der Waals surface area contributed by atoms with E-state index in [1.54, 1.807) is 0 Å². The third kappa shape index (κ3) is 3.54. The number of allylic oxidation sites excluding steroid dienone is 2. The highest BCUT2D eigenvalue weighted by atomic mass is 16.3. The molecule has 0 amide bonds. The van der Waals surface area contributed by atoms with Gasteiger partial charge >= 0.3 is 0 Å². The van der Waals surface area contributed by atoms with Crippen molar-refractivity contribution in [3.63, 3.8) is 0 Å². The van der Waals surface area contributed by atoms with Crippen LogP contribution in [-0.2, 0) is 0 Å². The van der Waals surface area contributed by atoms with E-state index in [9.17, 15) is 5.11 Å². The van der Waals surface area contributed by atoms with Crippen molar-refractivity contribution in [1.29, 1.82) is 0 Å². The molecule has 0 heterocycles. The van der Waals surface area contributed by atoms with Crippen LogP contribution in [0, 0.1) is 64.1 Å². The molecule has 0 aromatic rings. The van der Waals surface area contributed by atoms with Crippen LogP contribution < -0.4 is 0 Å². The summed E-state index contributed by atoms with van der Waals surface area (Å²) in [7, 11) is 0. The van der Waals surface area contributed by atoms with Gasteiger partial charge in [0, 0.05) is 0 Å². The van der Waals surface area contributed by atoms with E-state index in [-0.39, 0.29) is 6.10 Å². The molecule has 0 saturated heterocycles. The van der Waals surface area contributed by atoms with Gasteiger partial charge in [-0.1, -0.05) is 60.6 Å². The number of fused-ring (bicyclic) bond motifs is 5. The van der Waals surface area contributed by atoms with E-state index in [0.717, 1.165) is 47.8 Å². The smallest absolute Gasteiger partial charge is 0.0568 e. The van der Waals surface area contributed by atoms with Crippen LogP contribution in [0.3, 0.4) is 0 Å². The molecule has 1 heteroatoms. The molecule has 1 nitrogen and oxygen atoms in total. The van der Waals surface area contributed by atoms with Crippen LogP contribution >= 0.6 is 0 Å². The second kappa shape index (κ2) is 8.24. The molecule has 0 bridgehead atoms. The van der Waals surface area contributed by atoms with E-state index in [2.05, 4.69) is 60.6 Å². The summed E-state index contributed by atoms with van der Waals surface area (Å²) in [4.78, 5) is 0. The quantitative estimate of drug-likeness (QED) is 0.466. The fourth-order valence-corrected chi connectivity index (χ4v) is 9.32. The van der Waals surface area contributed by atoms with Gasteiger partial charge in [0.15, 0.2) is 0 Å². The van der Waals surface area contributed by atoms with Crippen molar-refractivity contribution in [2.75, 3.05) is 0 Å². The van der Waals surface area contributed by atoms with Crippen molar-refractivity contribution in [1.82, 2.24) is 0 Å². The normalized spacial score (nSPS) is 50.8. The molecule has 0 unspecified atom stereocenters. The van der Waals surface area contributed by atoms with Gasteiger partial charge in [-0.3, -0.25) is 0 Å². The first-order valence-electron chi connectivity index (χ1n) is 13.5. The molecular weight excluding hydrogens is 364 g/mol. The third-order valence-corrected chi connectivity index (χ3v) is 11.6. The Morgan fingerprint density at radius 2 is 1.40 bits per heavy atom. The summed E-state index contributed by atoms with van der Waals surface area (Å²) in [5.74, 6) is 7.07. The summed E-state index contributed by atoms with van der Waals surface area (Å²) in [6, 6.07) is 0. The van der Waals surface area contributed by atoms with Crippen molar-refractivity contribution in [3.8, 4) is 0 Å². The number of aliphatic hydroxyl groups is 1. The molecule has 0 radical (unpaired) electrons. The molecule has 30 heavy (non-hydrogen) atoms. The van der Waals surface area contributed by atoms with Crippen LogP contribution in [0.4, 0.5) is 0 Å². The Hall–Kier alpha value is -0.300. The number of aliphatic hydroxyl groups excluding tert-OH is 1. The molecule has 172 valence electrons. The van der Waals surface area contributed by atoms with Crippen molar-refractivity contribution < 1.29 is 5.11 Å². The van der Waals surface area contributed by atoms with E-state index in [1.807, 2.05) is 0 Å². The fourth-order valence-electron chi connectivity index (χ4n) is 9.32. The van der Waals surface area contributed by atoms with Gasteiger partial charge in [-0.05, 0) is 115 Å². The Morgan fingerprint density at radius 3 is 2.10 bits per heavy atom. The average molecular weight is 415 g/mol. The van der Waals surface area contributed by atoms with Gasteiger partial charge in [0.25, 0.3) is 0 Å². The second-order valence-electron chi connectivity index (χ2n) is 13.1. The lowest BCUT2D eigenvalue weighted by Crippen LogP contribution is -2.56. The maximum Gasteiger partial charge on any atom is 0.0568 e. The lowest BCUT2D eigenvalue weighted by Gasteiger charge is -2.62. The van der Waals surface area contributed by atoms with E-state index in [0.29, 0.717) is 22.7 Å². The zero-order chi connectivity index (χ0) is 21.8. The summed E-state index contributed by atoms with van der Waals surface area (Å²) in [6.45, 7) is 17.2. The number of rotatable bonds is 4. The standard InChI is InChI=1S/C29H50O/c1-18(2)19(3)8-9-20(4)23-12-13-25-22-10-11-24-21(5)27(30)15-17-29(24,7)26(22)14-16-28(23,25)6/h8-9,18-27,30H,10-17H2,1-7H3/t19-,20-,21+,22+,23-,24+,25+,26+,27+,28-,29+/m1/s1. The van der Waals surface area contributed by atoms with E-state index >= 15 is 0 Å². The molecular formula is C29H50O. The van der Waals surface area contributed by atoms with Gasteiger partial charge in [0.05, 0.1) is 6.10 Å². The molecule has 4 fully saturated rings. The Labute approximate surface area is 187 Å². The molecule has 0 aromatic heterocycles. The van der Waals surface area contributed by atoms with Gasteiger partial charge in [0.1, 0.15) is 0 Å². The minimum atomic E-state index is -0.0507. The Morgan fingerprint density at radius 1 is 0.767 bits per heavy atom. The predicted octanol–water partition coefficient (Wildman–Crippen LogP) is 7.74. The molecule has 0 spiro atoms. The van der Waals surface area contributed by atoms with Gasteiger partial charge in [0.2, 0.25) is 0 Å². The van der Waals surface area contributed by atoms with Crippen LogP contribution in [0.1, 0.15) is 99.8 Å². The first-order chi connectivity index (χ1) is 14.1. The first kappa shape index (κ1) is 22.9. The highest BCUT2D eigenvalue weighted by Crippen LogP contribution is 2.68. The molecule has 4 aliphatic rings. The molecule has 4 rings (SSSR count). The van der Waals surface area contributed by atoms with Crippen LogP contribution in [0.15, 0.2) is 12.2 Å². The molecule has 1 N–H and O–H groups in total. The maximum absolute atomic E-state index is 10.5. The Bertz CT molecular complexity index is 636. The zero-order valence-corrected chi connectivity index (χ0v) is 21.0. The van der Waals surface area contributed by atoms with Crippen LogP contribution in [0.25, 0.3) is 0 Å². The molecule has 11 atom stereocenters. The van der Waals surface area contributed by atoms with Crippen LogP contribution in [0.2, 0.25) is 0 Å². The molecule has 0 aromatic carbocycles. The minimum Gasteiger partial charge on any atom is -0.393 e. The lowest BCUT2D eigenvalue weighted by atomic mass is 9.43. The Kier molecular flexibility index (Phi) is 6.28. The summed E-state index contributed by atoms with van der Waals surface area (Å²) >= 11 is 0. The van der Waals surface area contributed by atoms with E-state index in [4.69, 9.17) is 0 Å². The highest BCUT2D eigenvalue weighted by molar-refractivity contribution is 5.12. The number of hydrogen-bond donors (Lipinski definition) is 1. The molecule has 0 aliphatic heterocycles. The topological polar surface area (TPSA) is 20.2 Å². The summed E-state index contributed by atoms with van der Waals surface area (Å²) in [5.41, 5.74) is 1.04. The first-order valence-corrected chi connectivity index (χ1v) is 13.5. The predicted molar refractivity (Wildman–Crippen MR) is 128 cm³/mol. The van der Waals surface area contributed by atoms with Gasteiger partial charge in [-0.25, -0.2) is 0 Å². The average Bonchev–Trinajstić information content (AvgIpc) is 3.06. The van der Waals surface area contributed by atoms with Gasteiger partial charge in [-0.15, -0.1) is 0 Å². The second-order valence-corrected chi connectivity index (χ2v) is 13.1. The lowest BCUT2D eigenvalue weighted by molar-refractivity contribution is -0.148. The Balaban J connectivity index is 1.51. The fraction of sp³-hybridized carbons (Fsp3) is 0.931. The highest BCUT2D eigenvalue weighted by Gasteiger charge is 2.61. The van der Waals surface area contributed by atoms with Gasteiger partial charge in [-0.2, -0.15) is 0 Å². The summed E-state index contributed by atoms with van der Waals surface area (Å²) in [5, 5.41) is 10.5. The zero-order valence-electron chi connectivity index (χ0n) is 21.0. The van der Waals surface area contributed by atoms with Gasteiger partial charge < -0.3 is 5.11 Å². The van der Waals surface area contributed by atoms with Crippen molar-refractivity contribution in [2.45, 2.75) is 106 Å². The van der Waals surface area contributed by atoms with E-state index in [1.165, 1.54) is 44.9 Å². The maximum atomic E-state index is 10.5. The number of hydrogen-bond acceptors (Lipinski definition) is 1. The van der Waals surface area contributed by atoms with Crippen molar-refractivity contribution in [3.05, 3.63) is 12.2 Å².